The van der Waals surface area contributed by atoms with E-state index in [1.807, 2.05) is 0 Å². The Bertz CT molecular complexity index is 882. The van der Waals surface area contributed by atoms with Crippen LogP contribution in [-0.2, 0) is 0 Å². The molecular formula is C14H8NaO5. The molecule has 2 N–H and O–H groups in total. The van der Waals surface area contributed by atoms with E-state index >= 15 is 0 Å². The van der Waals surface area contributed by atoms with Gasteiger partial charge in [-0.15, -0.1) is 0 Å². The number of carboxylic acids is 1. The number of aromatic hydroxyl groups is 1. The number of benzene rings is 2. The van der Waals surface area contributed by atoms with Crippen LogP contribution in [0.25, 0.3) is 21.9 Å². The smallest absolute Gasteiger partial charge is 0.335 e. The molecule has 0 amide bonds. The molecule has 20 heavy (non-hydrogen) atoms. The van der Waals surface area contributed by atoms with Crippen molar-refractivity contribution in [2.24, 2.45) is 0 Å². The van der Waals surface area contributed by atoms with Gasteiger partial charge in [-0.1, -0.05) is 0 Å². The number of fused-ring (bicyclic) bond motifs is 2. The second-order valence-corrected chi connectivity index (χ2v) is 4.13. The van der Waals surface area contributed by atoms with Crippen LogP contribution in [0.2, 0.25) is 0 Å². The molecule has 0 saturated heterocycles. The molecule has 0 aliphatic heterocycles. The maximum absolute atomic E-state index is 12.2. The predicted octanol–water partition coefficient (Wildman–Crippen LogP) is 1.97. The van der Waals surface area contributed by atoms with Crippen molar-refractivity contribution in [1.29, 1.82) is 0 Å². The summed E-state index contributed by atoms with van der Waals surface area (Å²) in [5.74, 6) is -1.11. The van der Waals surface area contributed by atoms with Crippen LogP contribution in [0.3, 0.4) is 0 Å². The number of phenolic OH excluding ortho intramolecular Hbond substituents is 1. The molecule has 2 aromatic carbocycles. The minimum atomic E-state index is -1.09. The zero-order valence-electron chi connectivity index (χ0n) is 10.6. The summed E-state index contributed by atoms with van der Waals surface area (Å²) in [5, 5.41) is 18.8. The van der Waals surface area contributed by atoms with Crippen LogP contribution in [-0.4, -0.2) is 45.7 Å². The van der Waals surface area contributed by atoms with Crippen LogP contribution >= 0.6 is 0 Å². The average Bonchev–Trinajstić information content (AvgIpc) is 2.39. The maximum atomic E-state index is 12.2. The van der Waals surface area contributed by atoms with Crippen LogP contribution < -0.4 is 5.43 Å². The molecule has 0 aliphatic carbocycles. The van der Waals surface area contributed by atoms with Crippen molar-refractivity contribution >= 4 is 57.5 Å². The molecule has 0 spiro atoms. The summed E-state index contributed by atoms with van der Waals surface area (Å²) >= 11 is 0. The fourth-order valence-electron chi connectivity index (χ4n) is 1.98. The van der Waals surface area contributed by atoms with Gasteiger partial charge < -0.3 is 14.6 Å². The van der Waals surface area contributed by atoms with Gasteiger partial charge in [-0.05, 0) is 36.4 Å². The van der Waals surface area contributed by atoms with E-state index in [0.717, 1.165) is 0 Å². The molecule has 6 heteroatoms. The van der Waals surface area contributed by atoms with Crippen molar-refractivity contribution in [3.05, 3.63) is 52.2 Å². The fraction of sp³-hybridized carbons (Fsp3) is 0. The monoisotopic (exact) mass is 279 g/mol. The van der Waals surface area contributed by atoms with Crippen molar-refractivity contribution in [2.45, 2.75) is 0 Å². The number of carbonyl (C=O) groups is 1. The maximum Gasteiger partial charge on any atom is 0.335 e. The third-order valence-electron chi connectivity index (χ3n) is 2.90. The minimum Gasteiger partial charge on any atom is -0.508 e. The number of aromatic carboxylic acids is 1. The number of hydrogen-bond acceptors (Lipinski definition) is 4. The molecule has 3 rings (SSSR count). The molecule has 0 unspecified atom stereocenters. The summed E-state index contributed by atoms with van der Waals surface area (Å²) in [4.78, 5) is 23.1. The second-order valence-electron chi connectivity index (χ2n) is 4.13. The molecule has 3 aromatic rings. The average molecular weight is 279 g/mol. The Balaban J connectivity index is 0.00000147. The molecular weight excluding hydrogens is 271 g/mol. The molecule has 0 aliphatic rings. The third-order valence-corrected chi connectivity index (χ3v) is 2.90. The summed E-state index contributed by atoms with van der Waals surface area (Å²) in [5.41, 5.74) is 0.263. The zero-order chi connectivity index (χ0) is 13.6. The SMILES string of the molecule is O=C(O)c1ccc2c(=O)c3cc(O)ccc3oc2c1.[Na]. The van der Waals surface area contributed by atoms with Gasteiger partial charge in [0.1, 0.15) is 16.9 Å². The van der Waals surface area contributed by atoms with Gasteiger partial charge in [0.2, 0.25) is 5.43 Å². The molecule has 0 atom stereocenters. The van der Waals surface area contributed by atoms with E-state index in [2.05, 4.69) is 0 Å². The number of phenols is 1. The Kier molecular flexibility index (Phi) is 3.85. The standard InChI is InChI=1S/C14H8O5.Na/c15-8-2-4-11-10(6-8)13(16)9-3-1-7(14(17)18)5-12(9)19-11;/h1-6,15H,(H,17,18);. The largest absolute Gasteiger partial charge is 0.508 e. The molecule has 0 saturated carbocycles. The Hall–Kier alpha value is -1.82. The molecule has 1 aromatic heterocycles. The van der Waals surface area contributed by atoms with Crippen molar-refractivity contribution < 1.29 is 19.4 Å². The summed E-state index contributed by atoms with van der Waals surface area (Å²) in [6, 6.07) is 8.26. The van der Waals surface area contributed by atoms with Gasteiger partial charge in [0.05, 0.1) is 16.3 Å². The summed E-state index contributed by atoms with van der Waals surface area (Å²) in [6.45, 7) is 0. The van der Waals surface area contributed by atoms with E-state index in [0.29, 0.717) is 5.58 Å². The molecule has 0 fully saturated rings. The molecule has 1 radical (unpaired) electrons. The van der Waals surface area contributed by atoms with Gasteiger partial charge in [-0.3, -0.25) is 4.79 Å². The third kappa shape index (κ3) is 2.31. The minimum absolute atomic E-state index is 0. The predicted molar refractivity (Wildman–Crippen MR) is 74.4 cm³/mol. The van der Waals surface area contributed by atoms with Crippen LogP contribution in [0.5, 0.6) is 5.75 Å². The van der Waals surface area contributed by atoms with Crippen molar-refractivity contribution in [3.8, 4) is 5.75 Å². The summed E-state index contributed by atoms with van der Waals surface area (Å²) < 4.78 is 5.50. The molecule has 95 valence electrons. The second kappa shape index (κ2) is 5.28. The van der Waals surface area contributed by atoms with Gasteiger partial charge in [0.25, 0.3) is 0 Å². The molecule has 0 bridgehead atoms. The fourth-order valence-corrected chi connectivity index (χ4v) is 1.98. The van der Waals surface area contributed by atoms with Gasteiger partial charge in [-0.25, -0.2) is 4.79 Å². The number of carboxylic acid groups (broad SMARTS) is 1. The molecule has 5 nitrogen and oxygen atoms in total. The van der Waals surface area contributed by atoms with E-state index in [1.54, 1.807) is 0 Å². The van der Waals surface area contributed by atoms with Crippen LogP contribution in [0, 0.1) is 0 Å². The Morgan fingerprint density at radius 1 is 1.00 bits per heavy atom. The normalized spacial score (nSPS) is 10.4. The number of hydrogen-bond donors (Lipinski definition) is 2. The first kappa shape index (κ1) is 14.6. The van der Waals surface area contributed by atoms with Crippen molar-refractivity contribution in [2.75, 3.05) is 0 Å². The van der Waals surface area contributed by atoms with Gasteiger partial charge >= 0.3 is 5.97 Å². The van der Waals surface area contributed by atoms with Crippen LogP contribution in [0.15, 0.2) is 45.6 Å². The van der Waals surface area contributed by atoms with E-state index in [1.165, 1.54) is 36.4 Å². The van der Waals surface area contributed by atoms with E-state index in [9.17, 15) is 14.7 Å². The first-order valence-electron chi connectivity index (χ1n) is 5.49. The van der Waals surface area contributed by atoms with Gasteiger partial charge in [-0.2, -0.15) is 0 Å². The summed E-state index contributed by atoms with van der Waals surface area (Å²) in [6.07, 6.45) is 0. The van der Waals surface area contributed by atoms with Crippen LogP contribution in [0.4, 0.5) is 0 Å². The van der Waals surface area contributed by atoms with Crippen molar-refractivity contribution in [1.82, 2.24) is 0 Å². The van der Waals surface area contributed by atoms with Gasteiger partial charge in [0, 0.05) is 29.6 Å². The number of rotatable bonds is 1. The van der Waals surface area contributed by atoms with Crippen molar-refractivity contribution in [3.63, 3.8) is 0 Å². The zero-order valence-corrected chi connectivity index (χ0v) is 12.6. The van der Waals surface area contributed by atoms with Gasteiger partial charge in [0.15, 0.2) is 0 Å². The quantitative estimate of drug-likeness (QED) is 0.525. The Morgan fingerprint density at radius 3 is 2.45 bits per heavy atom. The van der Waals surface area contributed by atoms with E-state index in [4.69, 9.17) is 9.52 Å². The van der Waals surface area contributed by atoms with Crippen LogP contribution in [0.1, 0.15) is 10.4 Å². The van der Waals surface area contributed by atoms with E-state index in [-0.39, 0.29) is 62.7 Å². The molecule has 1 heterocycles. The summed E-state index contributed by atoms with van der Waals surface area (Å²) in [7, 11) is 0. The Labute approximate surface area is 134 Å². The van der Waals surface area contributed by atoms with E-state index < -0.39 is 5.97 Å². The first-order chi connectivity index (χ1) is 9.06. The topological polar surface area (TPSA) is 87.7 Å². The Morgan fingerprint density at radius 2 is 1.75 bits per heavy atom. The first-order valence-corrected chi connectivity index (χ1v) is 5.49.